The van der Waals surface area contributed by atoms with Crippen molar-refractivity contribution in [2.24, 2.45) is 0 Å². The fourth-order valence-electron chi connectivity index (χ4n) is 2.80. The summed E-state index contributed by atoms with van der Waals surface area (Å²) in [6.45, 7) is 1.88. The van der Waals surface area contributed by atoms with E-state index in [9.17, 15) is 4.79 Å². The van der Waals surface area contributed by atoms with E-state index in [4.69, 9.17) is 14.2 Å². The lowest BCUT2D eigenvalue weighted by atomic mass is 10.1. The Kier molecular flexibility index (Phi) is 6.89. The number of benzene rings is 2. The molecule has 0 aliphatic rings. The highest BCUT2D eigenvalue weighted by atomic mass is 35.5. The van der Waals surface area contributed by atoms with E-state index in [0.29, 0.717) is 28.6 Å². The monoisotopic (exact) mass is 403 g/mol. The van der Waals surface area contributed by atoms with Gasteiger partial charge in [0.05, 0.1) is 38.8 Å². The predicted molar refractivity (Wildman–Crippen MR) is 110 cm³/mol. The maximum atomic E-state index is 13.0. The lowest BCUT2D eigenvalue weighted by Crippen LogP contribution is -2.17. The van der Waals surface area contributed by atoms with Crippen molar-refractivity contribution in [3.8, 4) is 22.9 Å². The molecule has 0 saturated carbocycles. The summed E-state index contributed by atoms with van der Waals surface area (Å²) in [5.74, 6) is 1.40. The van der Waals surface area contributed by atoms with Crippen LogP contribution in [0.15, 0.2) is 48.7 Å². The number of anilines is 1. The van der Waals surface area contributed by atoms with E-state index >= 15 is 0 Å². The fraction of sp³-hybridized carbons (Fsp3) is 0.200. The zero-order valence-electron chi connectivity index (χ0n) is 16.1. The van der Waals surface area contributed by atoms with Gasteiger partial charge in [0.1, 0.15) is 5.82 Å². The predicted octanol–water partition coefficient (Wildman–Crippen LogP) is 3.88. The summed E-state index contributed by atoms with van der Waals surface area (Å²) in [7, 11) is 4.50. The number of aryl methyl sites for hydroxylation is 1. The van der Waals surface area contributed by atoms with Crippen LogP contribution in [0.3, 0.4) is 0 Å². The highest BCUT2D eigenvalue weighted by molar-refractivity contribution is 6.07. The maximum absolute atomic E-state index is 13.0. The van der Waals surface area contributed by atoms with E-state index in [-0.39, 0.29) is 18.3 Å². The number of ether oxygens (including phenoxy) is 3. The summed E-state index contributed by atoms with van der Waals surface area (Å²) in [5.41, 5.74) is 2.02. The van der Waals surface area contributed by atoms with Gasteiger partial charge >= 0.3 is 0 Å². The molecule has 0 aliphatic heterocycles. The second-order valence-electron chi connectivity index (χ2n) is 5.76. The number of carbonyl (C=O) groups is 1. The lowest BCUT2D eigenvalue weighted by Gasteiger charge is -2.16. The molecule has 0 spiro atoms. The first-order chi connectivity index (χ1) is 13.1. The molecule has 2 aromatic carbocycles. The van der Waals surface area contributed by atoms with Gasteiger partial charge < -0.3 is 19.5 Å². The van der Waals surface area contributed by atoms with Crippen molar-refractivity contribution in [1.82, 2.24) is 9.78 Å². The van der Waals surface area contributed by atoms with Gasteiger partial charge in [-0.25, -0.2) is 4.68 Å². The molecule has 0 bridgehead atoms. The number of hydrogen-bond acceptors (Lipinski definition) is 5. The van der Waals surface area contributed by atoms with Crippen LogP contribution in [0.4, 0.5) is 5.82 Å². The van der Waals surface area contributed by atoms with Crippen LogP contribution < -0.4 is 19.5 Å². The Morgan fingerprint density at radius 2 is 1.64 bits per heavy atom. The molecule has 3 rings (SSSR count). The molecule has 0 unspecified atom stereocenters. The van der Waals surface area contributed by atoms with Crippen LogP contribution in [0.1, 0.15) is 15.9 Å². The van der Waals surface area contributed by atoms with Crippen LogP contribution in [0.25, 0.3) is 5.69 Å². The van der Waals surface area contributed by atoms with Gasteiger partial charge in [0.2, 0.25) is 5.75 Å². The molecule has 8 heteroatoms. The zero-order chi connectivity index (χ0) is 19.4. The molecule has 0 atom stereocenters. The third-order valence-corrected chi connectivity index (χ3v) is 4.13. The molecule has 0 fully saturated rings. The van der Waals surface area contributed by atoms with Crippen LogP contribution in [0.2, 0.25) is 0 Å². The summed E-state index contributed by atoms with van der Waals surface area (Å²) in [6, 6.07) is 12.9. The van der Waals surface area contributed by atoms with Crippen LogP contribution in [0.5, 0.6) is 17.2 Å². The number of nitrogens with zero attached hydrogens (tertiary/aromatic N) is 2. The van der Waals surface area contributed by atoms with E-state index < -0.39 is 0 Å². The topological polar surface area (TPSA) is 74.6 Å². The SMILES string of the molecule is COc1ccc(C(=O)Nc2c(C)cnn2-c2ccccc2)c(OC)c1OC.Cl. The van der Waals surface area contributed by atoms with Gasteiger partial charge in [-0.2, -0.15) is 5.10 Å². The highest BCUT2D eigenvalue weighted by Gasteiger charge is 2.22. The summed E-state index contributed by atoms with van der Waals surface area (Å²) >= 11 is 0. The van der Waals surface area contributed by atoms with E-state index in [2.05, 4.69) is 10.4 Å². The van der Waals surface area contributed by atoms with E-state index in [1.807, 2.05) is 37.3 Å². The molecule has 0 saturated heterocycles. The average molecular weight is 404 g/mol. The van der Waals surface area contributed by atoms with Gasteiger partial charge in [-0.1, -0.05) is 18.2 Å². The molecule has 1 amide bonds. The molecule has 3 aromatic rings. The third-order valence-electron chi connectivity index (χ3n) is 4.13. The van der Waals surface area contributed by atoms with Crippen LogP contribution in [0, 0.1) is 6.92 Å². The first-order valence-corrected chi connectivity index (χ1v) is 8.31. The smallest absolute Gasteiger partial charge is 0.260 e. The van der Waals surface area contributed by atoms with Crippen molar-refractivity contribution in [3.05, 3.63) is 59.8 Å². The van der Waals surface area contributed by atoms with Crippen molar-refractivity contribution in [1.29, 1.82) is 0 Å². The van der Waals surface area contributed by atoms with Crippen molar-refractivity contribution >= 4 is 24.1 Å². The minimum atomic E-state index is -0.339. The first kappa shape index (κ1) is 21.1. The Labute approximate surface area is 169 Å². The van der Waals surface area contributed by atoms with Gasteiger partial charge in [0, 0.05) is 5.56 Å². The minimum absolute atomic E-state index is 0. The van der Waals surface area contributed by atoms with Gasteiger partial charge in [0.25, 0.3) is 5.91 Å². The number of rotatable bonds is 6. The second-order valence-corrected chi connectivity index (χ2v) is 5.76. The summed E-state index contributed by atoms with van der Waals surface area (Å²) < 4.78 is 17.7. The number of methoxy groups -OCH3 is 3. The van der Waals surface area contributed by atoms with Crippen molar-refractivity contribution < 1.29 is 19.0 Å². The number of hydrogen-bond donors (Lipinski definition) is 1. The summed E-state index contributed by atoms with van der Waals surface area (Å²) in [6.07, 6.45) is 1.70. The Balaban J connectivity index is 0.00000280. The number of nitrogens with one attached hydrogen (secondary N) is 1. The van der Waals surface area contributed by atoms with Crippen molar-refractivity contribution in [3.63, 3.8) is 0 Å². The van der Waals surface area contributed by atoms with Gasteiger partial charge in [-0.05, 0) is 31.2 Å². The normalized spacial score (nSPS) is 10.0. The Hall–Kier alpha value is -3.19. The minimum Gasteiger partial charge on any atom is -0.493 e. The standard InChI is InChI=1S/C20H21N3O4.ClH/c1-13-12-21-23(14-8-6-5-7-9-14)19(13)22-20(24)15-10-11-16(25-2)18(27-4)17(15)26-3;/h5-12H,1-4H3,(H,22,24);1H. The molecule has 7 nitrogen and oxygen atoms in total. The number of carbonyl (C=O) groups excluding carboxylic acids is 1. The van der Waals surface area contributed by atoms with Gasteiger partial charge in [-0.3, -0.25) is 4.79 Å². The summed E-state index contributed by atoms with van der Waals surface area (Å²) in [4.78, 5) is 13.0. The van der Waals surface area contributed by atoms with Crippen LogP contribution >= 0.6 is 12.4 Å². The van der Waals surface area contributed by atoms with Crippen LogP contribution in [-0.4, -0.2) is 37.0 Å². The first-order valence-electron chi connectivity index (χ1n) is 8.31. The van der Waals surface area contributed by atoms with Crippen LogP contribution in [-0.2, 0) is 0 Å². The van der Waals surface area contributed by atoms with E-state index in [0.717, 1.165) is 11.3 Å². The zero-order valence-corrected chi connectivity index (χ0v) is 16.9. The average Bonchev–Trinajstić information content (AvgIpc) is 3.07. The van der Waals surface area contributed by atoms with E-state index in [1.165, 1.54) is 21.3 Å². The van der Waals surface area contributed by atoms with Crippen molar-refractivity contribution in [2.75, 3.05) is 26.6 Å². The fourth-order valence-corrected chi connectivity index (χ4v) is 2.80. The lowest BCUT2D eigenvalue weighted by molar-refractivity contribution is 0.102. The molecule has 1 N–H and O–H groups in total. The number of aromatic nitrogens is 2. The Bertz CT molecular complexity index is 958. The van der Waals surface area contributed by atoms with Gasteiger partial charge in [0.15, 0.2) is 11.5 Å². The van der Waals surface area contributed by atoms with Gasteiger partial charge in [-0.15, -0.1) is 12.4 Å². The molecule has 1 heterocycles. The molecule has 1 aromatic heterocycles. The summed E-state index contributed by atoms with van der Waals surface area (Å²) in [5, 5.41) is 7.28. The largest absolute Gasteiger partial charge is 0.493 e. The van der Waals surface area contributed by atoms with E-state index in [1.54, 1.807) is 23.0 Å². The molecule has 0 aliphatic carbocycles. The molecule has 28 heavy (non-hydrogen) atoms. The molecular weight excluding hydrogens is 382 g/mol. The number of halogens is 1. The second kappa shape index (κ2) is 9.14. The highest BCUT2D eigenvalue weighted by Crippen LogP contribution is 2.40. The maximum Gasteiger partial charge on any atom is 0.260 e. The molecule has 0 radical (unpaired) electrons. The Morgan fingerprint density at radius 3 is 2.25 bits per heavy atom. The third kappa shape index (κ3) is 3.89. The number of amides is 1. The number of para-hydroxylation sites is 1. The van der Waals surface area contributed by atoms with Crippen molar-refractivity contribution in [2.45, 2.75) is 6.92 Å². The quantitative estimate of drug-likeness (QED) is 0.676. The molecular formula is C20H22ClN3O4. The molecule has 148 valence electrons. The Morgan fingerprint density at radius 1 is 0.964 bits per heavy atom.